The summed E-state index contributed by atoms with van der Waals surface area (Å²) in [6.07, 6.45) is 0. The maximum atomic E-state index is 11.4. The molecule has 4 nitrogen and oxygen atoms in total. The van der Waals surface area contributed by atoms with Crippen LogP contribution in [0.15, 0.2) is 18.2 Å². The molecule has 0 saturated heterocycles. The van der Waals surface area contributed by atoms with Crippen molar-refractivity contribution in [2.75, 3.05) is 29.9 Å². The molecule has 1 amide bonds. The molecule has 0 atom stereocenters. The van der Waals surface area contributed by atoms with Gasteiger partial charge < -0.3 is 16.0 Å². The molecule has 0 bridgehead atoms. The summed E-state index contributed by atoms with van der Waals surface area (Å²) >= 11 is 5.85. The van der Waals surface area contributed by atoms with Crippen LogP contribution < -0.4 is 16.0 Å². The number of benzene rings is 1. The third kappa shape index (κ3) is 2.06. The Morgan fingerprint density at radius 2 is 2.33 bits per heavy atom. The van der Waals surface area contributed by atoms with Crippen LogP contribution in [-0.4, -0.2) is 25.5 Å². The third-order valence-corrected chi connectivity index (χ3v) is 2.54. The number of halogens is 1. The Hall–Kier alpha value is -1.26. The zero-order chi connectivity index (χ0) is 10.8. The summed E-state index contributed by atoms with van der Waals surface area (Å²) in [5.41, 5.74) is 7.23. The second kappa shape index (κ2) is 4.08. The van der Waals surface area contributed by atoms with E-state index in [1.165, 1.54) is 0 Å². The molecule has 0 radical (unpaired) electrons. The van der Waals surface area contributed by atoms with E-state index in [2.05, 4.69) is 5.32 Å². The molecule has 3 N–H and O–H groups in total. The van der Waals surface area contributed by atoms with E-state index in [0.29, 0.717) is 24.7 Å². The second-order valence-electron chi connectivity index (χ2n) is 3.42. The lowest BCUT2D eigenvalue weighted by Gasteiger charge is -2.30. The van der Waals surface area contributed by atoms with E-state index in [4.69, 9.17) is 17.3 Å². The molecule has 2 rings (SSSR count). The van der Waals surface area contributed by atoms with Gasteiger partial charge >= 0.3 is 0 Å². The Balaban J connectivity index is 2.37. The van der Waals surface area contributed by atoms with Gasteiger partial charge in [0.05, 0.1) is 17.9 Å². The number of amides is 1. The average molecular weight is 226 g/mol. The number of carbonyl (C=O) groups is 1. The number of rotatable bonds is 2. The fraction of sp³-hybridized carbons (Fsp3) is 0.300. The van der Waals surface area contributed by atoms with Gasteiger partial charge in [-0.2, -0.15) is 0 Å². The highest BCUT2D eigenvalue weighted by atomic mass is 35.5. The Morgan fingerprint density at radius 1 is 1.53 bits per heavy atom. The molecule has 1 heterocycles. The minimum absolute atomic E-state index is 0.0294. The summed E-state index contributed by atoms with van der Waals surface area (Å²) in [4.78, 5) is 13.3. The first kappa shape index (κ1) is 10.3. The van der Waals surface area contributed by atoms with Gasteiger partial charge in [0.2, 0.25) is 5.91 Å². The van der Waals surface area contributed by atoms with Gasteiger partial charge in [-0.3, -0.25) is 4.79 Å². The summed E-state index contributed by atoms with van der Waals surface area (Å²) < 4.78 is 0. The van der Waals surface area contributed by atoms with Gasteiger partial charge in [0.1, 0.15) is 0 Å². The molecule has 15 heavy (non-hydrogen) atoms. The largest absolute Gasteiger partial charge is 0.359 e. The van der Waals surface area contributed by atoms with Crippen LogP contribution in [0.25, 0.3) is 0 Å². The second-order valence-corrected chi connectivity index (χ2v) is 3.86. The van der Waals surface area contributed by atoms with Crippen LogP contribution in [0, 0.1) is 0 Å². The average Bonchev–Trinajstić information content (AvgIpc) is 2.17. The van der Waals surface area contributed by atoms with Gasteiger partial charge in [0.15, 0.2) is 0 Å². The molecule has 0 spiro atoms. The smallest absolute Gasteiger partial charge is 0.243 e. The lowest BCUT2D eigenvalue weighted by molar-refractivity contribution is -0.115. The predicted octanol–water partition coefficient (Wildman–Crippen LogP) is 1.06. The normalized spacial score (nSPS) is 14.8. The Kier molecular flexibility index (Phi) is 2.79. The number of nitrogens with two attached hydrogens (primary N) is 1. The van der Waals surface area contributed by atoms with Gasteiger partial charge in [-0.1, -0.05) is 11.6 Å². The molecule has 0 unspecified atom stereocenters. The maximum absolute atomic E-state index is 11.4. The van der Waals surface area contributed by atoms with Gasteiger partial charge in [-0.25, -0.2) is 0 Å². The van der Waals surface area contributed by atoms with Crippen LogP contribution in [0.5, 0.6) is 0 Å². The summed E-state index contributed by atoms with van der Waals surface area (Å²) in [5.74, 6) is -0.0294. The fourth-order valence-corrected chi connectivity index (χ4v) is 1.86. The number of nitrogens with zero attached hydrogens (tertiary/aromatic N) is 1. The van der Waals surface area contributed by atoms with Crippen molar-refractivity contribution in [1.82, 2.24) is 0 Å². The quantitative estimate of drug-likeness (QED) is 0.791. The number of carbonyl (C=O) groups excluding carboxylic acids is 1. The van der Waals surface area contributed by atoms with Crippen molar-refractivity contribution in [2.45, 2.75) is 0 Å². The first-order valence-electron chi connectivity index (χ1n) is 4.75. The summed E-state index contributed by atoms with van der Waals surface area (Å²) in [5, 5.41) is 3.40. The molecular formula is C10H12ClN3O. The van der Waals surface area contributed by atoms with Crippen molar-refractivity contribution >= 4 is 28.9 Å². The molecule has 0 saturated carbocycles. The van der Waals surface area contributed by atoms with Crippen molar-refractivity contribution in [3.8, 4) is 0 Å². The fourth-order valence-electron chi connectivity index (χ4n) is 1.69. The zero-order valence-corrected chi connectivity index (χ0v) is 8.92. The number of anilines is 2. The lowest BCUT2D eigenvalue weighted by Crippen LogP contribution is -2.40. The minimum atomic E-state index is -0.0294. The minimum Gasteiger partial charge on any atom is -0.359 e. The van der Waals surface area contributed by atoms with Crippen molar-refractivity contribution in [2.24, 2.45) is 5.73 Å². The van der Waals surface area contributed by atoms with Gasteiger partial charge in [-0.05, 0) is 18.2 Å². The number of nitrogens with one attached hydrogen (secondary N) is 1. The molecule has 0 aromatic heterocycles. The van der Waals surface area contributed by atoms with Crippen LogP contribution in [0.3, 0.4) is 0 Å². The Labute approximate surface area is 93.0 Å². The summed E-state index contributed by atoms with van der Waals surface area (Å²) in [6.45, 7) is 1.54. The molecule has 1 aliphatic heterocycles. The van der Waals surface area contributed by atoms with Crippen LogP contribution >= 0.6 is 11.6 Å². The van der Waals surface area contributed by atoms with Crippen molar-refractivity contribution in [3.05, 3.63) is 23.2 Å². The molecule has 0 fully saturated rings. The maximum Gasteiger partial charge on any atom is 0.243 e. The summed E-state index contributed by atoms with van der Waals surface area (Å²) in [6, 6.07) is 5.45. The van der Waals surface area contributed by atoms with Gasteiger partial charge in [0.25, 0.3) is 0 Å². The van der Waals surface area contributed by atoms with Crippen LogP contribution in [-0.2, 0) is 4.79 Å². The zero-order valence-electron chi connectivity index (χ0n) is 8.16. The van der Waals surface area contributed by atoms with E-state index in [0.717, 1.165) is 11.4 Å². The van der Waals surface area contributed by atoms with Crippen molar-refractivity contribution < 1.29 is 4.79 Å². The van der Waals surface area contributed by atoms with E-state index < -0.39 is 0 Å². The molecule has 80 valence electrons. The van der Waals surface area contributed by atoms with Crippen LogP contribution in [0.4, 0.5) is 11.4 Å². The van der Waals surface area contributed by atoms with Crippen LogP contribution in [0.2, 0.25) is 5.02 Å². The highest BCUT2D eigenvalue weighted by molar-refractivity contribution is 6.31. The molecular weight excluding hydrogens is 214 g/mol. The Bertz CT molecular complexity index is 394. The van der Waals surface area contributed by atoms with E-state index in [1.54, 1.807) is 12.1 Å². The number of hydrogen-bond acceptors (Lipinski definition) is 3. The van der Waals surface area contributed by atoms with Gasteiger partial charge in [-0.15, -0.1) is 0 Å². The predicted molar refractivity (Wildman–Crippen MR) is 61.3 cm³/mol. The van der Waals surface area contributed by atoms with Crippen molar-refractivity contribution in [1.29, 1.82) is 0 Å². The summed E-state index contributed by atoms with van der Waals surface area (Å²) in [7, 11) is 0. The molecule has 1 aliphatic rings. The number of fused-ring (bicyclic) bond motifs is 1. The van der Waals surface area contributed by atoms with Crippen molar-refractivity contribution in [3.63, 3.8) is 0 Å². The van der Waals surface area contributed by atoms with Gasteiger partial charge in [0, 0.05) is 18.1 Å². The lowest BCUT2D eigenvalue weighted by atomic mass is 10.2. The van der Waals surface area contributed by atoms with E-state index >= 15 is 0 Å². The monoisotopic (exact) mass is 225 g/mol. The first-order chi connectivity index (χ1) is 7.20. The Morgan fingerprint density at radius 3 is 3.07 bits per heavy atom. The highest BCUT2D eigenvalue weighted by Crippen LogP contribution is 2.31. The molecule has 0 aliphatic carbocycles. The third-order valence-electron chi connectivity index (χ3n) is 2.31. The van der Waals surface area contributed by atoms with E-state index in [-0.39, 0.29) is 5.91 Å². The molecule has 5 heteroatoms. The number of hydrogen-bond donors (Lipinski definition) is 2. The highest BCUT2D eigenvalue weighted by Gasteiger charge is 2.21. The molecule has 1 aromatic carbocycles. The SMILES string of the molecule is NCCN1CC(=O)Nc2cc(Cl)ccc21. The first-order valence-corrected chi connectivity index (χ1v) is 5.13. The topological polar surface area (TPSA) is 58.4 Å². The van der Waals surface area contributed by atoms with Crippen LogP contribution in [0.1, 0.15) is 0 Å². The van der Waals surface area contributed by atoms with E-state index in [9.17, 15) is 4.79 Å². The van der Waals surface area contributed by atoms with E-state index in [1.807, 2.05) is 11.0 Å². The molecule has 1 aromatic rings. The standard InChI is InChI=1S/C10H12ClN3O/c11-7-1-2-9-8(5-7)13-10(15)6-14(9)4-3-12/h1-2,5H,3-4,6,12H2,(H,13,15).